The highest BCUT2D eigenvalue weighted by atomic mass is 79.9. The summed E-state index contributed by atoms with van der Waals surface area (Å²) < 4.78 is 27.9. The van der Waals surface area contributed by atoms with Crippen molar-refractivity contribution >= 4 is 43.5 Å². The third-order valence-electron chi connectivity index (χ3n) is 5.03. The monoisotopic (exact) mass is 500 g/mol. The molecule has 1 aliphatic heterocycles. The molecule has 0 saturated heterocycles. The molecule has 0 aliphatic carbocycles. The molecule has 0 unspecified atom stereocenters. The van der Waals surface area contributed by atoms with Crippen molar-refractivity contribution < 1.29 is 23.1 Å². The summed E-state index contributed by atoms with van der Waals surface area (Å²) in [5.74, 6) is -1.72. The van der Waals surface area contributed by atoms with Crippen LogP contribution in [0.2, 0.25) is 0 Å². The second-order valence-electron chi connectivity index (χ2n) is 7.02. The van der Waals surface area contributed by atoms with E-state index in [4.69, 9.17) is 0 Å². The van der Waals surface area contributed by atoms with Crippen molar-refractivity contribution in [2.24, 2.45) is 0 Å². The lowest BCUT2D eigenvalue weighted by molar-refractivity contribution is 0.0698. The smallest absolute Gasteiger partial charge is 0.337 e. The largest absolute Gasteiger partial charge is 0.478 e. The fourth-order valence-electron chi connectivity index (χ4n) is 3.40. The molecule has 1 aliphatic rings. The molecule has 0 spiro atoms. The van der Waals surface area contributed by atoms with E-state index >= 15 is 0 Å². The minimum absolute atomic E-state index is 0.0597. The van der Waals surface area contributed by atoms with E-state index in [1.807, 2.05) is 24.3 Å². The molecule has 0 bridgehead atoms. The van der Waals surface area contributed by atoms with Crippen molar-refractivity contribution in [1.82, 2.24) is 4.31 Å². The van der Waals surface area contributed by atoms with Crippen LogP contribution in [0.1, 0.15) is 31.8 Å². The van der Waals surface area contributed by atoms with Crippen LogP contribution in [-0.4, -0.2) is 29.7 Å². The summed E-state index contributed by atoms with van der Waals surface area (Å²) >= 11 is 3.20. The number of amides is 1. The molecule has 7 nitrogen and oxygen atoms in total. The molecule has 1 heterocycles. The van der Waals surface area contributed by atoms with E-state index in [1.165, 1.54) is 40.7 Å². The minimum Gasteiger partial charge on any atom is -0.478 e. The molecule has 3 aromatic rings. The second-order valence-corrected chi connectivity index (χ2v) is 9.87. The standard InChI is InChI=1S/C22H17BrN2O5S/c23-17-7-10-20(19(11-17)22(27)28)24-21(26)14-5-8-18(9-6-14)31(29,30)25-12-15-3-1-2-4-16(15)13-25/h1-11H,12-13H2,(H,24,26)(H,27,28). The third kappa shape index (κ3) is 4.25. The predicted molar refractivity (Wildman–Crippen MR) is 118 cm³/mol. The zero-order valence-electron chi connectivity index (χ0n) is 16.1. The number of nitrogens with zero attached hydrogens (tertiary/aromatic N) is 1. The van der Waals surface area contributed by atoms with Crippen LogP contribution >= 0.6 is 15.9 Å². The van der Waals surface area contributed by atoms with Gasteiger partial charge < -0.3 is 10.4 Å². The molecule has 0 radical (unpaired) electrons. The Labute approximate surface area is 187 Å². The molecular formula is C22H17BrN2O5S. The van der Waals surface area contributed by atoms with Gasteiger partial charge in [-0.3, -0.25) is 4.79 Å². The van der Waals surface area contributed by atoms with Crippen LogP contribution in [0.15, 0.2) is 76.1 Å². The van der Waals surface area contributed by atoms with Gasteiger partial charge in [-0.25, -0.2) is 13.2 Å². The Morgan fingerprint density at radius 3 is 2.13 bits per heavy atom. The van der Waals surface area contributed by atoms with Crippen LogP contribution in [0.3, 0.4) is 0 Å². The first-order valence-corrected chi connectivity index (χ1v) is 11.5. The van der Waals surface area contributed by atoms with Crippen LogP contribution in [0.5, 0.6) is 0 Å². The Bertz CT molecular complexity index is 1260. The number of anilines is 1. The van der Waals surface area contributed by atoms with Gasteiger partial charge in [-0.05, 0) is 53.6 Å². The van der Waals surface area contributed by atoms with E-state index in [0.29, 0.717) is 17.6 Å². The van der Waals surface area contributed by atoms with Crippen molar-refractivity contribution in [1.29, 1.82) is 0 Å². The molecule has 4 rings (SSSR count). The number of aromatic carboxylic acids is 1. The summed E-state index contributed by atoms with van der Waals surface area (Å²) in [6, 6.07) is 17.6. The second kappa shape index (κ2) is 8.26. The number of fused-ring (bicyclic) bond motifs is 1. The lowest BCUT2D eigenvalue weighted by Crippen LogP contribution is -2.25. The first-order chi connectivity index (χ1) is 14.8. The van der Waals surface area contributed by atoms with E-state index in [0.717, 1.165) is 11.1 Å². The number of sulfonamides is 1. The van der Waals surface area contributed by atoms with Gasteiger partial charge in [-0.1, -0.05) is 40.2 Å². The first kappa shape index (κ1) is 21.2. The number of rotatable bonds is 5. The fraction of sp³-hybridized carbons (Fsp3) is 0.0909. The summed E-state index contributed by atoms with van der Waals surface area (Å²) in [5, 5.41) is 11.9. The Balaban J connectivity index is 1.52. The highest BCUT2D eigenvalue weighted by Crippen LogP contribution is 2.28. The van der Waals surface area contributed by atoms with Gasteiger partial charge >= 0.3 is 5.97 Å². The maximum Gasteiger partial charge on any atom is 0.337 e. The summed E-state index contributed by atoms with van der Waals surface area (Å²) in [6.07, 6.45) is 0. The lowest BCUT2D eigenvalue weighted by Gasteiger charge is -2.16. The molecule has 0 saturated carbocycles. The molecular weight excluding hydrogens is 484 g/mol. The Kier molecular flexibility index (Phi) is 5.65. The van der Waals surface area contributed by atoms with E-state index < -0.39 is 21.9 Å². The van der Waals surface area contributed by atoms with Crippen molar-refractivity contribution in [2.45, 2.75) is 18.0 Å². The van der Waals surface area contributed by atoms with Crippen molar-refractivity contribution in [3.05, 3.63) is 93.5 Å². The summed E-state index contributed by atoms with van der Waals surface area (Å²) in [6.45, 7) is 0.616. The summed E-state index contributed by atoms with van der Waals surface area (Å²) in [4.78, 5) is 24.1. The first-order valence-electron chi connectivity index (χ1n) is 9.27. The molecule has 9 heteroatoms. The van der Waals surface area contributed by atoms with Crippen LogP contribution < -0.4 is 5.32 Å². The highest BCUT2D eigenvalue weighted by Gasteiger charge is 2.30. The van der Waals surface area contributed by atoms with Crippen LogP contribution in [0.25, 0.3) is 0 Å². The Morgan fingerprint density at radius 2 is 1.55 bits per heavy atom. The molecule has 158 valence electrons. The molecule has 31 heavy (non-hydrogen) atoms. The van der Waals surface area contributed by atoms with Crippen LogP contribution in [0.4, 0.5) is 5.69 Å². The Morgan fingerprint density at radius 1 is 0.935 bits per heavy atom. The van der Waals surface area contributed by atoms with E-state index in [1.54, 1.807) is 6.07 Å². The number of halogens is 1. The van der Waals surface area contributed by atoms with Gasteiger partial charge in [-0.15, -0.1) is 0 Å². The van der Waals surface area contributed by atoms with Gasteiger partial charge in [0.05, 0.1) is 16.1 Å². The van der Waals surface area contributed by atoms with E-state index in [9.17, 15) is 23.1 Å². The molecule has 3 aromatic carbocycles. The average Bonchev–Trinajstić information content (AvgIpc) is 3.20. The predicted octanol–water partition coefficient (Wildman–Crippen LogP) is 4.10. The van der Waals surface area contributed by atoms with Crippen molar-refractivity contribution in [3.8, 4) is 0 Å². The minimum atomic E-state index is -3.71. The van der Waals surface area contributed by atoms with Crippen molar-refractivity contribution in [2.75, 3.05) is 5.32 Å². The molecule has 0 atom stereocenters. The number of carboxylic acids is 1. The fourth-order valence-corrected chi connectivity index (χ4v) is 5.15. The molecule has 2 N–H and O–H groups in total. The SMILES string of the molecule is O=C(Nc1ccc(Br)cc1C(=O)O)c1ccc(S(=O)(=O)N2Cc3ccccc3C2)cc1. The van der Waals surface area contributed by atoms with Gasteiger partial charge in [-0.2, -0.15) is 4.31 Å². The molecule has 0 aromatic heterocycles. The number of hydrogen-bond donors (Lipinski definition) is 2. The molecule has 1 amide bonds. The van der Waals surface area contributed by atoms with Gasteiger partial charge in [0.1, 0.15) is 0 Å². The Hall–Kier alpha value is -3.01. The van der Waals surface area contributed by atoms with Gasteiger partial charge in [0.25, 0.3) is 5.91 Å². The summed E-state index contributed by atoms with van der Waals surface area (Å²) in [5.41, 5.74) is 2.25. The van der Waals surface area contributed by atoms with Gasteiger partial charge in [0.15, 0.2) is 0 Å². The lowest BCUT2D eigenvalue weighted by atomic mass is 10.1. The van der Waals surface area contributed by atoms with E-state index in [2.05, 4.69) is 21.2 Å². The van der Waals surface area contributed by atoms with Crippen LogP contribution in [0, 0.1) is 0 Å². The van der Waals surface area contributed by atoms with Gasteiger partial charge in [0, 0.05) is 23.1 Å². The maximum absolute atomic E-state index is 13.0. The third-order valence-corrected chi connectivity index (χ3v) is 7.33. The van der Waals surface area contributed by atoms with E-state index in [-0.39, 0.29) is 21.7 Å². The average molecular weight is 501 g/mol. The number of benzene rings is 3. The number of hydrogen-bond acceptors (Lipinski definition) is 4. The topological polar surface area (TPSA) is 104 Å². The number of carboxylic acid groups (broad SMARTS) is 1. The number of nitrogens with one attached hydrogen (secondary N) is 1. The van der Waals surface area contributed by atoms with Crippen LogP contribution in [-0.2, 0) is 23.1 Å². The zero-order chi connectivity index (χ0) is 22.2. The van der Waals surface area contributed by atoms with Gasteiger partial charge in [0.2, 0.25) is 10.0 Å². The number of carbonyl (C=O) groups is 2. The summed E-state index contributed by atoms with van der Waals surface area (Å²) in [7, 11) is -3.71. The van der Waals surface area contributed by atoms with Crippen molar-refractivity contribution in [3.63, 3.8) is 0 Å². The molecule has 0 fully saturated rings. The zero-order valence-corrected chi connectivity index (χ0v) is 18.5. The number of carbonyl (C=O) groups excluding carboxylic acids is 1. The normalized spacial score (nSPS) is 13.6. The maximum atomic E-state index is 13.0. The quantitative estimate of drug-likeness (QED) is 0.548. The highest BCUT2D eigenvalue weighted by molar-refractivity contribution is 9.10.